The van der Waals surface area contributed by atoms with Crippen LogP contribution in [0.2, 0.25) is 0 Å². The molecule has 1 unspecified atom stereocenters. The lowest BCUT2D eigenvalue weighted by Crippen LogP contribution is -3.11. The third-order valence-corrected chi connectivity index (χ3v) is 3.95. The van der Waals surface area contributed by atoms with Gasteiger partial charge in [0, 0.05) is 31.6 Å². The van der Waals surface area contributed by atoms with Crippen molar-refractivity contribution in [2.75, 3.05) is 13.1 Å². The molecular formula is C16H27N4O2+. The summed E-state index contributed by atoms with van der Waals surface area (Å²) < 4.78 is 2.11. The summed E-state index contributed by atoms with van der Waals surface area (Å²) in [4.78, 5) is 25.1. The molecule has 1 aromatic heterocycles. The lowest BCUT2D eigenvalue weighted by atomic mass is 10.1. The summed E-state index contributed by atoms with van der Waals surface area (Å²) in [6.45, 7) is 6.94. The monoisotopic (exact) mass is 307 g/mol. The molecule has 2 atom stereocenters. The number of aryl methyl sites for hydroxylation is 1. The van der Waals surface area contributed by atoms with Crippen LogP contribution in [0.3, 0.4) is 0 Å². The maximum atomic E-state index is 12.1. The largest absolute Gasteiger partial charge is 0.350 e. The van der Waals surface area contributed by atoms with Gasteiger partial charge in [-0.1, -0.05) is 0 Å². The molecule has 1 fully saturated rings. The molecule has 0 radical (unpaired) electrons. The molecule has 2 heterocycles. The highest BCUT2D eigenvalue weighted by Crippen LogP contribution is 2.18. The van der Waals surface area contributed by atoms with Crippen molar-refractivity contribution >= 4 is 11.9 Å². The third kappa shape index (κ3) is 4.34. The van der Waals surface area contributed by atoms with E-state index in [4.69, 9.17) is 0 Å². The van der Waals surface area contributed by atoms with Crippen LogP contribution in [0.25, 0.3) is 0 Å². The van der Waals surface area contributed by atoms with Crippen LogP contribution in [0.1, 0.15) is 45.3 Å². The number of amides is 3. The van der Waals surface area contributed by atoms with E-state index in [-0.39, 0.29) is 11.4 Å². The first-order chi connectivity index (χ1) is 10.3. The molecule has 1 aliphatic rings. The smallest absolute Gasteiger partial charge is 0.322 e. The first-order valence-corrected chi connectivity index (χ1v) is 7.84. The molecule has 1 aromatic rings. The fourth-order valence-corrected chi connectivity index (χ4v) is 3.07. The van der Waals surface area contributed by atoms with Crippen LogP contribution in [0.5, 0.6) is 0 Å². The molecule has 3 amide bonds. The van der Waals surface area contributed by atoms with Gasteiger partial charge in [0.05, 0.1) is 12.2 Å². The molecule has 0 bridgehead atoms. The van der Waals surface area contributed by atoms with E-state index < -0.39 is 6.03 Å². The molecule has 1 aliphatic heterocycles. The SMILES string of the molecule is Cn1cccc1[C@H]1CCC[NH+]1CC(=O)NC(=O)NC(C)(C)C. The van der Waals surface area contributed by atoms with Gasteiger partial charge in [-0.3, -0.25) is 10.1 Å². The molecule has 0 spiro atoms. The van der Waals surface area contributed by atoms with Gasteiger partial charge < -0.3 is 14.8 Å². The van der Waals surface area contributed by atoms with E-state index in [2.05, 4.69) is 21.3 Å². The molecule has 0 aliphatic carbocycles. The second kappa shape index (κ2) is 6.52. The highest BCUT2D eigenvalue weighted by Gasteiger charge is 2.33. The van der Waals surface area contributed by atoms with Gasteiger partial charge in [0.1, 0.15) is 6.04 Å². The average molecular weight is 307 g/mol. The Morgan fingerprint density at radius 2 is 2.14 bits per heavy atom. The molecular weight excluding hydrogens is 280 g/mol. The van der Waals surface area contributed by atoms with E-state index in [1.807, 2.05) is 40.1 Å². The summed E-state index contributed by atoms with van der Waals surface area (Å²) in [5.74, 6) is -0.224. The first-order valence-electron chi connectivity index (χ1n) is 7.84. The van der Waals surface area contributed by atoms with Gasteiger partial charge in [-0.25, -0.2) is 4.79 Å². The van der Waals surface area contributed by atoms with Crippen LogP contribution in [-0.4, -0.2) is 35.1 Å². The summed E-state index contributed by atoms with van der Waals surface area (Å²) in [7, 11) is 2.03. The number of carbonyl (C=O) groups excluding carboxylic acids is 2. The number of rotatable bonds is 3. The Hall–Kier alpha value is -1.82. The zero-order chi connectivity index (χ0) is 16.3. The van der Waals surface area contributed by atoms with Crippen molar-refractivity contribution in [2.24, 2.45) is 7.05 Å². The molecule has 3 N–H and O–H groups in total. The van der Waals surface area contributed by atoms with Crippen LogP contribution < -0.4 is 15.5 Å². The number of quaternary nitrogens is 1. The topological polar surface area (TPSA) is 67.6 Å². The lowest BCUT2D eigenvalue weighted by Gasteiger charge is -2.23. The van der Waals surface area contributed by atoms with E-state index in [1.54, 1.807) is 0 Å². The number of urea groups is 1. The van der Waals surface area contributed by atoms with Gasteiger partial charge >= 0.3 is 6.03 Å². The number of aromatic nitrogens is 1. The second-order valence-corrected chi connectivity index (χ2v) is 7.08. The van der Waals surface area contributed by atoms with Crippen LogP contribution in [0.4, 0.5) is 4.79 Å². The fraction of sp³-hybridized carbons (Fsp3) is 0.625. The third-order valence-electron chi connectivity index (χ3n) is 3.95. The Morgan fingerprint density at radius 3 is 2.73 bits per heavy atom. The normalized spacial score (nSPS) is 21.6. The van der Waals surface area contributed by atoms with Gasteiger partial charge in [0.15, 0.2) is 6.54 Å². The Labute approximate surface area is 131 Å². The average Bonchev–Trinajstić information content (AvgIpc) is 2.94. The summed E-state index contributed by atoms with van der Waals surface area (Å²) in [6.07, 6.45) is 4.21. The highest BCUT2D eigenvalue weighted by atomic mass is 16.2. The van der Waals surface area contributed by atoms with Crippen molar-refractivity contribution in [3.05, 3.63) is 24.0 Å². The molecule has 6 heteroatoms. The van der Waals surface area contributed by atoms with Crippen molar-refractivity contribution in [1.29, 1.82) is 0 Å². The van der Waals surface area contributed by atoms with Crippen LogP contribution in [-0.2, 0) is 11.8 Å². The minimum atomic E-state index is -0.425. The number of hydrogen-bond acceptors (Lipinski definition) is 2. The Bertz CT molecular complexity index is 545. The maximum Gasteiger partial charge on any atom is 0.322 e. The number of carbonyl (C=O) groups is 2. The summed E-state index contributed by atoms with van der Waals surface area (Å²) in [5.41, 5.74) is 0.899. The summed E-state index contributed by atoms with van der Waals surface area (Å²) in [5, 5.41) is 5.17. The van der Waals surface area contributed by atoms with Crippen molar-refractivity contribution in [3.63, 3.8) is 0 Å². The molecule has 6 nitrogen and oxygen atoms in total. The molecule has 22 heavy (non-hydrogen) atoms. The van der Waals surface area contributed by atoms with Crippen molar-refractivity contribution in [3.8, 4) is 0 Å². The van der Waals surface area contributed by atoms with Gasteiger partial charge in [-0.15, -0.1) is 0 Å². The molecule has 2 rings (SSSR count). The van der Waals surface area contributed by atoms with Gasteiger partial charge in [-0.2, -0.15) is 0 Å². The van der Waals surface area contributed by atoms with E-state index in [1.165, 1.54) is 10.6 Å². The van der Waals surface area contributed by atoms with Gasteiger partial charge in [0.25, 0.3) is 5.91 Å². The highest BCUT2D eigenvalue weighted by molar-refractivity contribution is 5.94. The standard InChI is InChI=1S/C16H26N4O2/c1-16(2,3)18-15(22)17-14(21)11-20-10-6-8-13(20)12-7-5-9-19(12)4/h5,7,9,13H,6,8,10-11H2,1-4H3,(H2,17,18,21,22)/p+1/t13-/m1/s1. The predicted octanol–water partition coefficient (Wildman–Crippen LogP) is 0.369. The summed E-state index contributed by atoms with van der Waals surface area (Å²) in [6, 6.07) is 4.05. The number of nitrogens with zero attached hydrogens (tertiary/aromatic N) is 1. The number of likely N-dealkylation sites (tertiary alicyclic amines) is 1. The maximum absolute atomic E-state index is 12.1. The van der Waals surface area contributed by atoms with Crippen LogP contribution in [0.15, 0.2) is 18.3 Å². The van der Waals surface area contributed by atoms with Crippen molar-refractivity contribution in [2.45, 2.75) is 45.2 Å². The summed E-state index contributed by atoms with van der Waals surface area (Å²) >= 11 is 0. The molecule has 0 aromatic carbocycles. The van der Waals surface area contributed by atoms with Crippen LogP contribution in [0, 0.1) is 0 Å². The first kappa shape index (κ1) is 16.5. The number of imide groups is 1. The van der Waals surface area contributed by atoms with Crippen molar-refractivity contribution in [1.82, 2.24) is 15.2 Å². The zero-order valence-corrected chi connectivity index (χ0v) is 13.9. The zero-order valence-electron chi connectivity index (χ0n) is 13.9. The Morgan fingerprint density at radius 1 is 1.41 bits per heavy atom. The molecule has 1 saturated heterocycles. The van der Waals surface area contributed by atoms with Gasteiger partial charge in [-0.05, 0) is 32.9 Å². The predicted molar refractivity (Wildman–Crippen MR) is 84.5 cm³/mol. The Kier molecular flexibility index (Phi) is 4.90. The lowest BCUT2D eigenvalue weighted by molar-refractivity contribution is -0.911. The fourth-order valence-electron chi connectivity index (χ4n) is 3.07. The minimum absolute atomic E-state index is 0.224. The van der Waals surface area contributed by atoms with E-state index in [9.17, 15) is 9.59 Å². The van der Waals surface area contributed by atoms with E-state index in [0.29, 0.717) is 12.6 Å². The van der Waals surface area contributed by atoms with E-state index >= 15 is 0 Å². The molecule has 0 saturated carbocycles. The Balaban J connectivity index is 1.91. The minimum Gasteiger partial charge on any atom is -0.350 e. The van der Waals surface area contributed by atoms with Gasteiger partial charge in [0.2, 0.25) is 0 Å². The van der Waals surface area contributed by atoms with E-state index in [0.717, 1.165) is 19.4 Å². The second-order valence-electron chi connectivity index (χ2n) is 7.08. The number of nitrogens with one attached hydrogen (secondary N) is 3. The quantitative estimate of drug-likeness (QED) is 0.755. The van der Waals surface area contributed by atoms with Crippen LogP contribution >= 0.6 is 0 Å². The number of hydrogen-bond donors (Lipinski definition) is 3. The van der Waals surface area contributed by atoms with Crippen molar-refractivity contribution < 1.29 is 14.5 Å². The molecule has 122 valence electrons.